The topological polar surface area (TPSA) is 43.0 Å². The predicted molar refractivity (Wildman–Crippen MR) is 83.3 cm³/mol. The smallest absolute Gasteiger partial charge is 0.0991 e. The second kappa shape index (κ2) is 4.34. The van der Waals surface area contributed by atoms with Crippen molar-refractivity contribution in [2.45, 2.75) is 25.1 Å². The zero-order valence-corrected chi connectivity index (χ0v) is 12.1. The van der Waals surface area contributed by atoms with Gasteiger partial charge in [0.1, 0.15) is 0 Å². The molecule has 2 aromatic heterocycles. The maximum absolute atomic E-state index is 10.9. The number of fused-ring (bicyclic) bond motifs is 4. The Bertz CT molecular complexity index is 847. The van der Waals surface area contributed by atoms with Crippen molar-refractivity contribution in [2.24, 2.45) is 5.92 Å². The molecular formula is C18H17N3O. The third-order valence-corrected chi connectivity index (χ3v) is 5.20. The Hall–Kier alpha value is -2.33. The molecule has 22 heavy (non-hydrogen) atoms. The Labute approximate surface area is 128 Å². The standard InChI is InChI=1S/C18H17N3O/c22-18-14(7-9-20-8-3-6-15(18)20)17-13-5-2-1-4-12(13)16-10-19-11-21(16)17/h1-6,8,10-11,14,17-18,22H,7,9H2/t14-,17?,18+/m1/s1. The molecule has 4 nitrogen and oxygen atoms in total. The van der Waals surface area contributed by atoms with E-state index >= 15 is 0 Å². The number of aromatic nitrogens is 3. The summed E-state index contributed by atoms with van der Waals surface area (Å²) in [6.45, 7) is 0.965. The third kappa shape index (κ3) is 1.48. The lowest BCUT2D eigenvalue weighted by molar-refractivity contribution is 0.0556. The summed E-state index contributed by atoms with van der Waals surface area (Å²) >= 11 is 0. The van der Waals surface area contributed by atoms with Gasteiger partial charge >= 0.3 is 0 Å². The zero-order chi connectivity index (χ0) is 14.7. The number of aliphatic hydroxyl groups excluding tert-OH is 1. The maximum atomic E-state index is 10.9. The molecule has 1 unspecified atom stereocenters. The van der Waals surface area contributed by atoms with Gasteiger partial charge in [0.2, 0.25) is 0 Å². The van der Waals surface area contributed by atoms with Crippen LogP contribution in [0.25, 0.3) is 11.3 Å². The minimum absolute atomic E-state index is 0.173. The molecule has 0 amide bonds. The molecule has 1 N–H and O–H groups in total. The molecule has 1 aromatic carbocycles. The van der Waals surface area contributed by atoms with Crippen molar-refractivity contribution in [3.63, 3.8) is 0 Å². The molecule has 0 bridgehead atoms. The lowest BCUT2D eigenvalue weighted by Gasteiger charge is -2.35. The Morgan fingerprint density at radius 1 is 1.14 bits per heavy atom. The van der Waals surface area contributed by atoms with Crippen molar-refractivity contribution in [1.82, 2.24) is 14.1 Å². The lowest BCUT2D eigenvalue weighted by Crippen LogP contribution is -2.30. The summed E-state index contributed by atoms with van der Waals surface area (Å²) in [7, 11) is 0. The van der Waals surface area contributed by atoms with E-state index in [-0.39, 0.29) is 12.0 Å². The molecular weight excluding hydrogens is 274 g/mol. The number of benzene rings is 1. The van der Waals surface area contributed by atoms with Crippen molar-refractivity contribution in [3.05, 3.63) is 66.4 Å². The number of rotatable bonds is 1. The molecule has 0 fully saturated rings. The number of hydrogen-bond acceptors (Lipinski definition) is 2. The van der Waals surface area contributed by atoms with E-state index in [4.69, 9.17) is 0 Å². The second-order valence-corrected chi connectivity index (χ2v) is 6.24. The van der Waals surface area contributed by atoms with Crippen LogP contribution >= 0.6 is 0 Å². The van der Waals surface area contributed by atoms with Crippen LogP contribution in [-0.4, -0.2) is 19.2 Å². The van der Waals surface area contributed by atoms with Crippen molar-refractivity contribution in [2.75, 3.05) is 0 Å². The fourth-order valence-electron chi connectivity index (χ4n) is 4.21. The third-order valence-electron chi connectivity index (χ3n) is 5.20. The molecule has 5 rings (SSSR count). The maximum Gasteiger partial charge on any atom is 0.0991 e. The van der Waals surface area contributed by atoms with Crippen molar-refractivity contribution >= 4 is 0 Å². The average Bonchev–Trinajstić information content (AvgIpc) is 3.23. The first-order chi connectivity index (χ1) is 10.8. The van der Waals surface area contributed by atoms with E-state index in [9.17, 15) is 5.11 Å². The quantitative estimate of drug-likeness (QED) is 0.749. The molecule has 0 saturated heterocycles. The van der Waals surface area contributed by atoms with Crippen LogP contribution in [0.3, 0.4) is 0 Å². The van der Waals surface area contributed by atoms with Crippen molar-refractivity contribution in [3.8, 4) is 11.3 Å². The van der Waals surface area contributed by atoms with Crippen LogP contribution < -0.4 is 0 Å². The average molecular weight is 291 g/mol. The highest BCUT2D eigenvalue weighted by molar-refractivity contribution is 5.69. The van der Waals surface area contributed by atoms with Crippen LogP contribution in [0.15, 0.2) is 55.1 Å². The van der Waals surface area contributed by atoms with Gasteiger partial charge in [-0.15, -0.1) is 0 Å². The predicted octanol–water partition coefficient (Wildman–Crippen LogP) is 3.01. The Morgan fingerprint density at radius 3 is 3.00 bits per heavy atom. The van der Waals surface area contributed by atoms with Gasteiger partial charge in [0.15, 0.2) is 0 Å². The number of aryl methyl sites for hydroxylation is 1. The molecule has 0 radical (unpaired) electrons. The summed E-state index contributed by atoms with van der Waals surface area (Å²) in [4.78, 5) is 4.32. The van der Waals surface area contributed by atoms with Crippen LogP contribution in [0, 0.1) is 5.92 Å². The highest BCUT2D eigenvalue weighted by Gasteiger charge is 2.40. The van der Waals surface area contributed by atoms with E-state index < -0.39 is 6.10 Å². The largest absolute Gasteiger partial charge is 0.386 e. The fourth-order valence-corrected chi connectivity index (χ4v) is 4.21. The summed E-state index contributed by atoms with van der Waals surface area (Å²) in [5.41, 5.74) is 4.75. The first-order valence-corrected chi connectivity index (χ1v) is 7.79. The molecule has 0 spiro atoms. The van der Waals surface area contributed by atoms with Crippen LogP contribution in [-0.2, 0) is 6.54 Å². The molecule has 0 aliphatic carbocycles. The van der Waals surface area contributed by atoms with Crippen molar-refractivity contribution in [1.29, 1.82) is 0 Å². The van der Waals surface area contributed by atoms with Gasteiger partial charge in [0, 0.05) is 29.9 Å². The van der Waals surface area contributed by atoms with Crippen LogP contribution in [0.4, 0.5) is 0 Å². The van der Waals surface area contributed by atoms with Gasteiger partial charge in [-0.3, -0.25) is 0 Å². The number of imidazole rings is 1. The minimum Gasteiger partial charge on any atom is -0.386 e. The molecule has 2 aliphatic rings. The van der Waals surface area contributed by atoms with Gasteiger partial charge in [-0.25, -0.2) is 4.98 Å². The van der Waals surface area contributed by atoms with E-state index in [1.165, 1.54) is 11.1 Å². The zero-order valence-electron chi connectivity index (χ0n) is 12.1. The van der Waals surface area contributed by atoms with Gasteiger partial charge in [0.25, 0.3) is 0 Å². The Balaban J connectivity index is 1.65. The van der Waals surface area contributed by atoms with E-state index in [0.29, 0.717) is 0 Å². The Kier molecular flexibility index (Phi) is 2.41. The second-order valence-electron chi connectivity index (χ2n) is 6.24. The van der Waals surface area contributed by atoms with E-state index in [1.54, 1.807) is 0 Å². The van der Waals surface area contributed by atoms with E-state index in [2.05, 4.69) is 44.6 Å². The first-order valence-electron chi connectivity index (χ1n) is 7.79. The van der Waals surface area contributed by atoms with Crippen molar-refractivity contribution < 1.29 is 5.11 Å². The van der Waals surface area contributed by atoms with E-state index in [0.717, 1.165) is 24.4 Å². The van der Waals surface area contributed by atoms with Crippen LogP contribution in [0.1, 0.15) is 29.8 Å². The number of aliphatic hydroxyl groups is 1. The van der Waals surface area contributed by atoms with Gasteiger partial charge in [-0.2, -0.15) is 0 Å². The monoisotopic (exact) mass is 291 g/mol. The molecule has 4 heterocycles. The molecule has 2 aliphatic heterocycles. The normalized spacial score (nSPS) is 25.6. The van der Waals surface area contributed by atoms with Crippen LogP contribution in [0.5, 0.6) is 0 Å². The van der Waals surface area contributed by atoms with Gasteiger partial charge < -0.3 is 14.2 Å². The summed E-state index contributed by atoms with van der Waals surface area (Å²) < 4.78 is 4.40. The van der Waals surface area contributed by atoms with Crippen LogP contribution in [0.2, 0.25) is 0 Å². The lowest BCUT2D eigenvalue weighted by atomic mass is 9.83. The molecule has 110 valence electrons. The first kappa shape index (κ1) is 12.2. The number of nitrogens with zero attached hydrogens (tertiary/aromatic N) is 3. The molecule has 3 atom stereocenters. The minimum atomic E-state index is -0.435. The molecule has 4 heteroatoms. The molecule has 3 aromatic rings. The highest BCUT2D eigenvalue weighted by atomic mass is 16.3. The van der Waals surface area contributed by atoms with Gasteiger partial charge in [-0.1, -0.05) is 24.3 Å². The summed E-state index contributed by atoms with van der Waals surface area (Å²) in [6, 6.07) is 12.7. The summed E-state index contributed by atoms with van der Waals surface area (Å²) in [5, 5.41) is 10.9. The fraction of sp³-hybridized carbons (Fsp3) is 0.278. The SMILES string of the molecule is O[C@@H]1c2cccn2CC[C@@H]1C1c2ccccc2-c2cncn21. The van der Waals surface area contributed by atoms with Gasteiger partial charge in [-0.05, 0) is 24.1 Å². The Morgan fingerprint density at radius 2 is 2.05 bits per heavy atom. The van der Waals surface area contributed by atoms with Gasteiger partial charge in [0.05, 0.1) is 30.4 Å². The highest BCUT2D eigenvalue weighted by Crippen LogP contribution is 2.48. The molecule has 0 saturated carbocycles. The van der Waals surface area contributed by atoms with E-state index in [1.807, 2.05) is 24.7 Å². The number of hydrogen-bond donors (Lipinski definition) is 1. The summed E-state index contributed by atoms with van der Waals surface area (Å²) in [5.74, 6) is 0.180. The summed E-state index contributed by atoms with van der Waals surface area (Å²) in [6.07, 6.45) is 6.42.